The van der Waals surface area contributed by atoms with E-state index in [1.54, 1.807) is 12.1 Å². The summed E-state index contributed by atoms with van der Waals surface area (Å²) in [7, 11) is 0. The molecule has 0 atom stereocenters. The molecule has 0 spiro atoms. The maximum atomic E-state index is 12.6. The molecular formula is C28H24N2O2S. The van der Waals surface area contributed by atoms with Gasteiger partial charge in [0.2, 0.25) is 0 Å². The molecule has 0 bridgehead atoms. The molecule has 0 aliphatic carbocycles. The fourth-order valence-corrected chi connectivity index (χ4v) is 3.59. The van der Waals surface area contributed by atoms with E-state index in [4.69, 9.17) is 17.0 Å². The summed E-state index contributed by atoms with van der Waals surface area (Å²) < 4.78 is 5.86. The number of ether oxygens (including phenoxy) is 1. The fourth-order valence-electron chi connectivity index (χ4n) is 3.38. The molecule has 0 saturated heterocycles. The summed E-state index contributed by atoms with van der Waals surface area (Å²) in [6.07, 6.45) is 0.829. The zero-order chi connectivity index (χ0) is 22.9. The van der Waals surface area contributed by atoms with Crippen LogP contribution in [0.25, 0.3) is 11.1 Å². The molecule has 4 nitrogen and oxygen atoms in total. The van der Waals surface area contributed by atoms with Crippen molar-refractivity contribution in [2.24, 2.45) is 0 Å². The fraction of sp³-hybridized carbons (Fsp3) is 0.0714. The lowest BCUT2D eigenvalue weighted by Crippen LogP contribution is -2.34. The zero-order valence-corrected chi connectivity index (χ0v) is 18.8. The van der Waals surface area contributed by atoms with Crippen LogP contribution in [-0.2, 0) is 6.42 Å². The van der Waals surface area contributed by atoms with Gasteiger partial charge in [0.15, 0.2) is 5.11 Å². The summed E-state index contributed by atoms with van der Waals surface area (Å²) in [6, 6.07) is 35.2. The average Bonchev–Trinajstić information content (AvgIpc) is 2.85. The first-order chi connectivity index (χ1) is 16.2. The third-order valence-electron chi connectivity index (χ3n) is 5.08. The lowest BCUT2D eigenvalue weighted by molar-refractivity contribution is 0.0978. The van der Waals surface area contributed by atoms with Crippen LogP contribution in [0.3, 0.4) is 0 Å². The number of benzene rings is 4. The van der Waals surface area contributed by atoms with Crippen molar-refractivity contribution in [2.75, 3.05) is 11.9 Å². The lowest BCUT2D eigenvalue weighted by Gasteiger charge is -2.12. The van der Waals surface area contributed by atoms with Crippen LogP contribution in [-0.4, -0.2) is 17.6 Å². The molecule has 0 aliphatic rings. The molecule has 0 aromatic heterocycles. The number of carbonyl (C=O) groups excluding carboxylic acids is 1. The predicted octanol–water partition coefficient (Wildman–Crippen LogP) is 6.10. The Kier molecular flexibility index (Phi) is 7.46. The number of rotatable bonds is 7. The SMILES string of the molecule is O=C(NC(=S)Nc1cccc(OCCc2ccccc2)c1)c1ccc(-c2ccccc2)cc1. The third kappa shape index (κ3) is 6.51. The van der Waals surface area contributed by atoms with E-state index in [9.17, 15) is 4.79 Å². The molecule has 33 heavy (non-hydrogen) atoms. The van der Waals surface area contributed by atoms with Gasteiger partial charge < -0.3 is 10.1 Å². The Morgan fingerprint density at radius 2 is 1.42 bits per heavy atom. The Balaban J connectivity index is 1.29. The summed E-state index contributed by atoms with van der Waals surface area (Å²) in [4.78, 5) is 12.6. The highest BCUT2D eigenvalue weighted by molar-refractivity contribution is 7.80. The van der Waals surface area contributed by atoms with E-state index in [0.29, 0.717) is 12.2 Å². The van der Waals surface area contributed by atoms with Gasteiger partial charge in [-0.2, -0.15) is 0 Å². The molecule has 0 saturated carbocycles. The van der Waals surface area contributed by atoms with Gasteiger partial charge in [0, 0.05) is 23.7 Å². The van der Waals surface area contributed by atoms with Gasteiger partial charge in [0.05, 0.1) is 6.61 Å². The molecule has 0 fully saturated rings. The summed E-state index contributed by atoms with van der Waals surface area (Å²) in [5, 5.41) is 6.01. The van der Waals surface area contributed by atoms with E-state index < -0.39 is 0 Å². The monoisotopic (exact) mass is 452 g/mol. The number of hydrogen-bond donors (Lipinski definition) is 2. The van der Waals surface area contributed by atoms with Crippen molar-refractivity contribution in [1.29, 1.82) is 0 Å². The van der Waals surface area contributed by atoms with E-state index in [2.05, 4.69) is 22.8 Å². The van der Waals surface area contributed by atoms with Crippen molar-refractivity contribution in [2.45, 2.75) is 6.42 Å². The summed E-state index contributed by atoms with van der Waals surface area (Å²) in [6.45, 7) is 0.577. The van der Waals surface area contributed by atoms with Crippen molar-refractivity contribution < 1.29 is 9.53 Å². The Labute approximate surface area is 199 Å². The number of thiocarbonyl (C=S) groups is 1. The summed E-state index contributed by atoms with van der Waals surface area (Å²) in [5.41, 5.74) is 4.67. The highest BCUT2D eigenvalue weighted by Crippen LogP contribution is 2.20. The number of hydrogen-bond acceptors (Lipinski definition) is 3. The topological polar surface area (TPSA) is 50.4 Å². The van der Waals surface area contributed by atoms with Gasteiger partial charge in [-0.25, -0.2) is 0 Å². The number of anilines is 1. The molecule has 1 amide bonds. The van der Waals surface area contributed by atoms with E-state index >= 15 is 0 Å². The van der Waals surface area contributed by atoms with Crippen molar-refractivity contribution in [3.63, 3.8) is 0 Å². The number of nitrogens with one attached hydrogen (secondary N) is 2. The van der Waals surface area contributed by atoms with Crippen LogP contribution in [0.1, 0.15) is 15.9 Å². The van der Waals surface area contributed by atoms with Crippen molar-refractivity contribution in [3.8, 4) is 16.9 Å². The molecule has 0 aliphatic heterocycles. The molecule has 5 heteroatoms. The zero-order valence-electron chi connectivity index (χ0n) is 18.0. The molecule has 2 N–H and O–H groups in total. The number of amides is 1. The van der Waals surface area contributed by atoms with E-state index in [1.165, 1.54) is 5.56 Å². The van der Waals surface area contributed by atoms with Gasteiger partial charge in [0.25, 0.3) is 5.91 Å². The Bertz CT molecular complexity index is 1210. The molecule has 0 unspecified atom stereocenters. The van der Waals surface area contributed by atoms with Crippen LogP contribution in [0, 0.1) is 0 Å². The first kappa shape index (κ1) is 22.2. The van der Waals surface area contributed by atoms with E-state index in [0.717, 1.165) is 29.0 Å². The minimum absolute atomic E-state index is 0.230. The first-order valence-electron chi connectivity index (χ1n) is 10.7. The maximum Gasteiger partial charge on any atom is 0.257 e. The molecule has 4 aromatic carbocycles. The number of carbonyl (C=O) groups is 1. The van der Waals surface area contributed by atoms with Crippen molar-refractivity contribution in [3.05, 3.63) is 120 Å². The minimum Gasteiger partial charge on any atom is -0.493 e. The maximum absolute atomic E-state index is 12.6. The molecule has 0 radical (unpaired) electrons. The third-order valence-corrected chi connectivity index (χ3v) is 5.28. The van der Waals surface area contributed by atoms with Crippen LogP contribution in [0.4, 0.5) is 5.69 Å². The standard InChI is InChI=1S/C28H24N2O2S/c31-27(24-16-14-23(15-17-24)22-10-5-2-6-11-22)30-28(33)29-25-12-7-13-26(20-25)32-19-18-21-8-3-1-4-9-21/h1-17,20H,18-19H2,(H2,29,30,31,33). The molecule has 0 heterocycles. The van der Waals surface area contributed by atoms with Gasteiger partial charge in [-0.05, 0) is 53.2 Å². The van der Waals surface area contributed by atoms with Crippen molar-refractivity contribution >= 4 is 28.9 Å². The Morgan fingerprint density at radius 1 is 0.758 bits per heavy atom. The van der Waals surface area contributed by atoms with Crippen LogP contribution < -0.4 is 15.4 Å². The summed E-state index contributed by atoms with van der Waals surface area (Å²) in [5.74, 6) is 0.476. The highest BCUT2D eigenvalue weighted by atomic mass is 32.1. The smallest absolute Gasteiger partial charge is 0.257 e. The highest BCUT2D eigenvalue weighted by Gasteiger charge is 2.09. The van der Waals surface area contributed by atoms with E-state index in [-0.39, 0.29) is 11.0 Å². The second-order valence-corrected chi connectivity index (χ2v) is 7.87. The first-order valence-corrected chi connectivity index (χ1v) is 11.1. The Hall–Kier alpha value is -3.96. The molecule has 4 aromatic rings. The average molecular weight is 453 g/mol. The molecule has 164 valence electrons. The predicted molar refractivity (Wildman–Crippen MR) is 138 cm³/mol. The van der Waals surface area contributed by atoms with Gasteiger partial charge in [-0.15, -0.1) is 0 Å². The largest absolute Gasteiger partial charge is 0.493 e. The van der Waals surface area contributed by atoms with Crippen LogP contribution in [0.2, 0.25) is 0 Å². The minimum atomic E-state index is -0.262. The van der Waals surface area contributed by atoms with Gasteiger partial charge >= 0.3 is 0 Å². The molecular weight excluding hydrogens is 428 g/mol. The van der Waals surface area contributed by atoms with Crippen molar-refractivity contribution in [1.82, 2.24) is 5.32 Å². The lowest BCUT2D eigenvalue weighted by atomic mass is 10.0. The van der Waals surface area contributed by atoms with Gasteiger partial charge in [-0.1, -0.05) is 78.9 Å². The molecule has 4 rings (SSSR count). The Morgan fingerprint density at radius 3 is 2.15 bits per heavy atom. The summed E-state index contributed by atoms with van der Waals surface area (Å²) >= 11 is 5.33. The van der Waals surface area contributed by atoms with E-state index in [1.807, 2.05) is 84.9 Å². The van der Waals surface area contributed by atoms with Crippen LogP contribution in [0.15, 0.2) is 109 Å². The van der Waals surface area contributed by atoms with Gasteiger partial charge in [0.1, 0.15) is 5.75 Å². The second-order valence-electron chi connectivity index (χ2n) is 7.46. The normalized spacial score (nSPS) is 10.3. The van der Waals surface area contributed by atoms with Crippen LogP contribution >= 0.6 is 12.2 Å². The van der Waals surface area contributed by atoms with Crippen LogP contribution in [0.5, 0.6) is 5.75 Å². The van der Waals surface area contributed by atoms with Gasteiger partial charge in [-0.3, -0.25) is 10.1 Å². The quantitative estimate of drug-likeness (QED) is 0.333. The second kappa shape index (κ2) is 11.1.